The Morgan fingerprint density at radius 1 is 1.46 bits per heavy atom. The third-order valence-electron chi connectivity index (χ3n) is 2.18. The molecule has 0 saturated carbocycles. The highest BCUT2D eigenvalue weighted by atomic mass is 16.5. The van der Waals surface area contributed by atoms with Crippen LogP contribution in [0.25, 0.3) is 0 Å². The number of cyclic esters (lactones) is 1. The minimum absolute atomic E-state index is 0.0787. The number of carbonyl (C=O) groups is 1. The molecular formula is C9H9NO3. The molecule has 4 heteroatoms. The van der Waals surface area contributed by atoms with Crippen molar-refractivity contribution >= 4 is 5.97 Å². The van der Waals surface area contributed by atoms with Gasteiger partial charge in [0.05, 0.1) is 12.0 Å². The summed E-state index contributed by atoms with van der Waals surface area (Å²) in [5.41, 5.74) is 1.31. The third-order valence-corrected chi connectivity index (χ3v) is 2.18. The van der Waals surface area contributed by atoms with Gasteiger partial charge in [-0.15, -0.1) is 0 Å². The number of pyridine rings is 1. The third kappa shape index (κ3) is 1.24. The van der Waals surface area contributed by atoms with E-state index >= 15 is 0 Å². The van der Waals surface area contributed by atoms with Gasteiger partial charge in [0.1, 0.15) is 6.61 Å². The van der Waals surface area contributed by atoms with Crippen molar-refractivity contribution < 1.29 is 9.53 Å². The van der Waals surface area contributed by atoms with Crippen LogP contribution in [0.5, 0.6) is 0 Å². The molecule has 68 valence electrons. The zero-order chi connectivity index (χ0) is 9.42. The number of rotatable bonds is 0. The van der Waals surface area contributed by atoms with Crippen molar-refractivity contribution in [1.82, 2.24) is 4.57 Å². The number of ether oxygens (including phenoxy) is 1. The van der Waals surface area contributed by atoms with E-state index in [2.05, 4.69) is 0 Å². The van der Waals surface area contributed by atoms with Crippen LogP contribution in [0.3, 0.4) is 0 Å². The molecule has 0 spiro atoms. The van der Waals surface area contributed by atoms with Crippen molar-refractivity contribution in [2.45, 2.75) is 13.0 Å². The van der Waals surface area contributed by atoms with Gasteiger partial charge in [0.25, 0.3) is 5.56 Å². The maximum absolute atomic E-state index is 11.5. The van der Waals surface area contributed by atoms with E-state index in [0.29, 0.717) is 5.56 Å². The van der Waals surface area contributed by atoms with E-state index in [1.807, 2.05) is 0 Å². The molecule has 0 bridgehead atoms. The van der Waals surface area contributed by atoms with Crippen molar-refractivity contribution in [2.24, 2.45) is 7.05 Å². The van der Waals surface area contributed by atoms with E-state index in [9.17, 15) is 9.59 Å². The second kappa shape index (κ2) is 2.73. The molecule has 4 nitrogen and oxygen atoms in total. The molecule has 1 aliphatic heterocycles. The van der Waals surface area contributed by atoms with Crippen LogP contribution in [0.2, 0.25) is 0 Å². The van der Waals surface area contributed by atoms with Gasteiger partial charge in [0.2, 0.25) is 0 Å². The van der Waals surface area contributed by atoms with E-state index in [1.54, 1.807) is 19.3 Å². The van der Waals surface area contributed by atoms with Gasteiger partial charge >= 0.3 is 5.97 Å². The average molecular weight is 179 g/mol. The molecule has 0 aliphatic carbocycles. The van der Waals surface area contributed by atoms with Gasteiger partial charge in [-0.05, 0) is 11.6 Å². The summed E-state index contributed by atoms with van der Waals surface area (Å²) in [6.07, 6.45) is 1.88. The quantitative estimate of drug-likeness (QED) is 0.526. The van der Waals surface area contributed by atoms with E-state index in [0.717, 1.165) is 5.56 Å². The Kier molecular flexibility index (Phi) is 1.69. The lowest BCUT2D eigenvalue weighted by atomic mass is 10.1. The number of aromatic nitrogens is 1. The van der Waals surface area contributed by atoms with Crippen LogP contribution in [0.4, 0.5) is 0 Å². The number of aryl methyl sites for hydroxylation is 1. The highest BCUT2D eigenvalue weighted by Crippen LogP contribution is 2.12. The maximum Gasteiger partial charge on any atom is 0.310 e. The van der Waals surface area contributed by atoms with Crippen LogP contribution in [0.15, 0.2) is 17.1 Å². The summed E-state index contributed by atoms with van der Waals surface area (Å²) < 4.78 is 6.27. The first-order chi connectivity index (χ1) is 6.18. The highest BCUT2D eigenvalue weighted by molar-refractivity contribution is 5.74. The van der Waals surface area contributed by atoms with Crippen LogP contribution in [-0.4, -0.2) is 10.5 Å². The first-order valence-corrected chi connectivity index (χ1v) is 4.01. The summed E-state index contributed by atoms with van der Waals surface area (Å²) in [7, 11) is 1.68. The molecule has 2 heterocycles. The predicted octanol–water partition coefficient (Wildman–Crippen LogP) is -0.0154. The molecule has 1 aromatic rings. The van der Waals surface area contributed by atoms with Gasteiger partial charge in [-0.2, -0.15) is 0 Å². The normalized spacial score (nSPS) is 15.0. The van der Waals surface area contributed by atoms with Gasteiger partial charge in [-0.1, -0.05) is 0 Å². The number of hydrogen-bond acceptors (Lipinski definition) is 3. The smallest absolute Gasteiger partial charge is 0.310 e. The largest absolute Gasteiger partial charge is 0.460 e. The molecule has 1 aliphatic rings. The Hall–Kier alpha value is -1.58. The minimum Gasteiger partial charge on any atom is -0.460 e. The van der Waals surface area contributed by atoms with Gasteiger partial charge in [0, 0.05) is 13.2 Å². The molecule has 0 radical (unpaired) electrons. The minimum atomic E-state index is -0.263. The van der Waals surface area contributed by atoms with Crippen LogP contribution in [0.1, 0.15) is 11.1 Å². The number of esters is 1. The van der Waals surface area contributed by atoms with Crippen molar-refractivity contribution in [2.75, 3.05) is 0 Å². The zero-order valence-electron chi connectivity index (χ0n) is 7.24. The Bertz CT molecular complexity index is 419. The summed E-state index contributed by atoms with van der Waals surface area (Å²) in [5.74, 6) is -0.263. The van der Waals surface area contributed by atoms with Crippen LogP contribution in [0, 0.1) is 0 Å². The van der Waals surface area contributed by atoms with Crippen LogP contribution >= 0.6 is 0 Å². The Morgan fingerprint density at radius 2 is 2.23 bits per heavy atom. The molecule has 1 aromatic heterocycles. The highest BCUT2D eigenvalue weighted by Gasteiger charge is 2.19. The van der Waals surface area contributed by atoms with E-state index in [4.69, 9.17) is 4.74 Å². The second-order valence-electron chi connectivity index (χ2n) is 3.07. The van der Waals surface area contributed by atoms with Gasteiger partial charge in [-0.25, -0.2) is 0 Å². The molecule has 0 N–H and O–H groups in total. The zero-order valence-corrected chi connectivity index (χ0v) is 7.24. The van der Waals surface area contributed by atoms with Crippen molar-refractivity contribution in [3.63, 3.8) is 0 Å². The molecular weight excluding hydrogens is 170 g/mol. The standard InChI is InChI=1S/C9H9NO3/c1-10-3-2-6-4-8(11)13-5-7(6)9(10)12/h2-3H,4-5H2,1H3. The molecule has 0 aromatic carbocycles. The van der Waals surface area contributed by atoms with E-state index in [1.165, 1.54) is 4.57 Å². The molecule has 0 saturated heterocycles. The maximum atomic E-state index is 11.5. The Labute approximate surface area is 74.8 Å². The number of nitrogens with zero attached hydrogens (tertiary/aromatic N) is 1. The summed E-state index contributed by atoms with van der Waals surface area (Å²) in [5, 5.41) is 0. The SMILES string of the molecule is Cn1ccc2c(c1=O)COC(=O)C2. The fourth-order valence-corrected chi connectivity index (χ4v) is 1.40. The van der Waals surface area contributed by atoms with Crippen molar-refractivity contribution in [1.29, 1.82) is 0 Å². The summed E-state index contributed by atoms with van der Waals surface area (Å²) in [6.45, 7) is 0.113. The molecule has 0 amide bonds. The Morgan fingerprint density at radius 3 is 3.00 bits per heavy atom. The topological polar surface area (TPSA) is 48.3 Å². The predicted molar refractivity (Wildman–Crippen MR) is 45.2 cm³/mol. The first kappa shape index (κ1) is 8.04. The lowest BCUT2D eigenvalue weighted by molar-refractivity contribution is -0.145. The monoisotopic (exact) mass is 179 g/mol. The first-order valence-electron chi connectivity index (χ1n) is 4.01. The molecule has 0 fully saturated rings. The van der Waals surface area contributed by atoms with E-state index in [-0.39, 0.29) is 24.6 Å². The second-order valence-corrected chi connectivity index (χ2v) is 3.07. The Balaban J connectivity index is 2.59. The fraction of sp³-hybridized carbons (Fsp3) is 0.333. The molecule has 0 atom stereocenters. The number of hydrogen-bond donors (Lipinski definition) is 0. The molecule has 0 unspecified atom stereocenters. The number of carbonyl (C=O) groups excluding carboxylic acids is 1. The molecule has 13 heavy (non-hydrogen) atoms. The summed E-state index contributed by atoms with van der Waals surface area (Å²) in [6, 6.07) is 1.79. The lowest BCUT2D eigenvalue weighted by Crippen LogP contribution is -2.28. The van der Waals surface area contributed by atoms with Crippen LogP contribution in [-0.2, 0) is 29.6 Å². The summed E-state index contributed by atoms with van der Waals surface area (Å²) >= 11 is 0. The van der Waals surface area contributed by atoms with Crippen molar-refractivity contribution in [3.05, 3.63) is 33.7 Å². The summed E-state index contributed by atoms with van der Waals surface area (Å²) in [4.78, 5) is 22.4. The van der Waals surface area contributed by atoms with E-state index < -0.39 is 0 Å². The van der Waals surface area contributed by atoms with Gasteiger partial charge < -0.3 is 9.30 Å². The van der Waals surface area contributed by atoms with Crippen molar-refractivity contribution in [3.8, 4) is 0 Å². The lowest BCUT2D eigenvalue weighted by Gasteiger charge is -2.15. The van der Waals surface area contributed by atoms with Crippen LogP contribution < -0.4 is 5.56 Å². The molecule has 2 rings (SSSR count). The van der Waals surface area contributed by atoms with Gasteiger partial charge in [-0.3, -0.25) is 9.59 Å². The fourth-order valence-electron chi connectivity index (χ4n) is 1.40. The average Bonchev–Trinajstić information content (AvgIpc) is 2.12. The number of fused-ring (bicyclic) bond motifs is 1. The van der Waals surface area contributed by atoms with Gasteiger partial charge in [0.15, 0.2) is 0 Å².